The topological polar surface area (TPSA) is 91.7 Å². The number of rotatable bonds is 3. The molecule has 0 radical (unpaired) electrons. The molecule has 0 saturated heterocycles. The van der Waals surface area contributed by atoms with Crippen LogP contribution in [0.2, 0.25) is 0 Å². The highest BCUT2D eigenvalue weighted by Gasteiger charge is 2.12. The van der Waals surface area contributed by atoms with Crippen molar-refractivity contribution in [2.45, 2.75) is 0 Å². The molecule has 0 aliphatic rings. The fourth-order valence-electron chi connectivity index (χ4n) is 1.63. The molecule has 2 N–H and O–H groups in total. The van der Waals surface area contributed by atoms with E-state index in [2.05, 4.69) is 15.0 Å². The maximum Gasteiger partial charge on any atom is 0.230 e. The van der Waals surface area contributed by atoms with Crippen LogP contribution in [0.1, 0.15) is 11.4 Å². The van der Waals surface area contributed by atoms with Gasteiger partial charge in [-0.3, -0.25) is 0 Å². The number of benzene rings is 1. The van der Waals surface area contributed by atoms with Gasteiger partial charge in [0.2, 0.25) is 11.9 Å². The van der Waals surface area contributed by atoms with Crippen LogP contribution in [0.5, 0.6) is 0 Å². The number of aromatic nitrogens is 3. The predicted molar refractivity (Wildman–Crippen MR) is 78.4 cm³/mol. The zero-order valence-electron chi connectivity index (χ0n) is 11.9. The van der Waals surface area contributed by atoms with E-state index in [0.29, 0.717) is 0 Å². The van der Waals surface area contributed by atoms with E-state index in [9.17, 15) is 14.0 Å². The maximum atomic E-state index is 13.7. The quantitative estimate of drug-likeness (QED) is 0.870. The van der Waals surface area contributed by atoms with Crippen LogP contribution in [0.25, 0.3) is 11.6 Å². The predicted octanol–water partition coefficient (Wildman–Crippen LogP) is 1.86. The van der Waals surface area contributed by atoms with E-state index < -0.39 is 11.6 Å². The van der Waals surface area contributed by atoms with Gasteiger partial charge in [-0.1, -0.05) is 0 Å². The lowest BCUT2D eigenvalue weighted by Gasteiger charge is -2.11. The molecule has 1 aromatic carbocycles. The molecule has 22 heavy (non-hydrogen) atoms. The number of nitrogen functional groups attached to an aromatic ring is 1. The van der Waals surface area contributed by atoms with Gasteiger partial charge in [-0.25, -0.2) is 8.78 Å². The van der Waals surface area contributed by atoms with E-state index in [-0.39, 0.29) is 28.9 Å². The molecule has 0 atom stereocenters. The molecule has 112 valence electrons. The van der Waals surface area contributed by atoms with E-state index >= 15 is 0 Å². The lowest BCUT2D eigenvalue weighted by Crippen LogP contribution is -2.15. The normalized spacial score (nSPS) is 11.1. The van der Waals surface area contributed by atoms with Crippen molar-refractivity contribution in [3.8, 4) is 6.07 Å². The number of nitriles is 1. The minimum atomic E-state index is -0.663. The van der Waals surface area contributed by atoms with Crippen LogP contribution in [0.3, 0.4) is 0 Å². The SMILES string of the molecule is CN(C)c1nc(N)nc(C(C#N)=Cc2cc(F)ccc2F)n1. The number of hydrogen-bond donors (Lipinski definition) is 1. The van der Waals surface area contributed by atoms with Gasteiger partial charge in [0.25, 0.3) is 0 Å². The highest BCUT2D eigenvalue weighted by atomic mass is 19.1. The third-order valence-corrected chi connectivity index (χ3v) is 2.66. The Labute approximate surface area is 125 Å². The van der Waals surface area contributed by atoms with Gasteiger partial charge in [0.05, 0.1) is 5.57 Å². The average molecular weight is 302 g/mol. The monoisotopic (exact) mass is 302 g/mol. The molecule has 2 aromatic rings. The third-order valence-electron chi connectivity index (χ3n) is 2.66. The zero-order valence-corrected chi connectivity index (χ0v) is 11.9. The van der Waals surface area contributed by atoms with Gasteiger partial charge >= 0.3 is 0 Å². The summed E-state index contributed by atoms with van der Waals surface area (Å²) in [6.45, 7) is 0. The number of allylic oxidation sites excluding steroid dienone is 1. The van der Waals surface area contributed by atoms with Crippen LogP contribution in [-0.4, -0.2) is 29.0 Å². The first-order chi connectivity index (χ1) is 10.4. The first-order valence-electron chi connectivity index (χ1n) is 6.17. The summed E-state index contributed by atoms with van der Waals surface area (Å²) in [7, 11) is 3.39. The van der Waals surface area contributed by atoms with Gasteiger partial charge in [0.1, 0.15) is 17.7 Å². The Morgan fingerprint density at radius 2 is 2.00 bits per heavy atom. The van der Waals surface area contributed by atoms with Crippen LogP contribution in [0.4, 0.5) is 20.7 Å². The fraction of sp³-hybridized carbons (Fsp3) is 0.143. The first kappa shape index (κ1) is 15.3. The molecule has 0 amide bonds. The summed E-state index contributed by atoms with van der Waals surface area (Å²) in [6.07, 6.45) is 1.16. The van der Waals surface area contributed by atoms with Crippen LogP contribution in [-0.2, 0) is 0 Å². The second-order valence-electron chi connectivity index (χ2n) is 4.55. The van der Waals surface area contributed by atoms with Crippen molar-refractivity contribution in [1.29, 1.82) is 5.26 Å². The van der Waals surface area contributed by atoms with Crippen molar-refractivity contribution in [1.82, 2.24) is 15.0 Å². The van der Waals surface area contributed by atoms with Crippen molar-refractivity contribution in [2.24, 2.45) is 0 Å². The molecule has 1 aromatic heterocycles. The minimum absolute atomic E-state index is 0.0117. The molecule has 6 nitrogen and oxygen atoms in total. The molecule has 0 saturated carbocycles. The third kappa shape index (κ3) is 3.32. The van der Waals surface area contributed by atoms with Crippen molar-refractivity contribution in [2.75, 3.05) is 24.7 Å². The number of nitrogens with two attached hydrogens (primary N) is 1. The Balaban J connectivity index is 2.55. The summed E-state index contributed by atoms with van der Waals surface area (Å²) < 4.78 is 26.9. The molecule has 0 spiro atoms. The van der Waals surface area contributed by atoms with Crippen LogP contribution < -0.4 is 10.6 Å². The molecule has 2 rings (SSSR count). The second-order valence-corrected chi connectivity index (χ2v) is 4.55. The lowest BCUT2D eigenvalue weighted by atomic mass is 10.1. The Morgan fingerprint density at radius 3 is 2.64 bits per heavy atom. The van der Waals surface area contributed by atoms with E-state index in [0.717, 1.165) is 24.3 Å². The Hall–Kier alpha value is -3.08. The summed E-state index contributed by atoms with van der Waals surface area (Å²) in [5.41, 5.74) is 5.44. The van der Waals surface area contributed by atoms with Crippen molar-refractivity contribution >= 4 is 23.5 Å². The van der Waals surface area contributed by atoms with Crippen LogP contribution in [0, 0.1) is 23.0 Å². The Morgan fingerprint density at radius 1 is 1.27 bits per heavy atom. The van der Waals surface area contributed by atoms with Crippen molar-refractivity contribution in [3.05, 3.63) is 41.2 Å². The van der Waals surface area contributed by atoms with Crippen LogP contribution >= 0.6 is 0 Å². The zero-order chi connectivity index (χ0) is 16.3. The number of anilines is 2. The summed E-state index contributed by atoms with van der Waals surface area (Å²) in [5, 5.41) is 9.23. The molecule has 8 heteroatoms. The van der Waals surface area contributed by atoms with Crippen LogP contribution in [0.15, 0.2) is 18.2 Å². The Bertz CT molecular complexity index is 779. The molecule has 0 aliphatic carbocycles. The molecule has 0 bridgehead atoms. The Kier molecular flexibility index (Phi) is 4.27. The molecule has 0 unspecified atom stereocenters. The van der Waals surface area contributed by atoms with Gasteiger partial charge in [-0.15, -0.1) is 0 Å². The summed E-state index contributed by atoms with van der Waals surface area (Å²) >= 11 is 0. The van der Waals surface area contributed by atoms with Crippen molar-refractivity contribution < 1.29 is 8.78 Å². The summed E-state index contributed by atoms with van der Waals surface area (Å²) in [6, 6.07) is 4.79. The summed E-state index contributed by atoms with van der Waals surface area (Å²) in [4.78, 5) is 13.4. The van der Waals surface area contributed by atoms with Gasteiger partial charge in [0.15, 0.2) is 5.82 Å². The van der Waals surface area contributed by atoms with Gasteiger partial charge in [-0.2, -0.15) is 20.2 Å². The van der Waals surface area contributed by atoms with E-state index in [1.54, 1.807) is 19.0 Å². The minimum Gasteiger partial charge on any atom is -0.368 e. The summed E-state index contributed by atoms with van der Waals surface area (Å²) in [5.74, 6) is -1.11. The van der Waals surface area contributed by atoms with Gasteiger partial charge in [0, 0.05) is 19.7 Å². The number of nitrogens with zero attached hydrogens (tertiary/aromatic N) is 5. The number of hydrogen-bond acceptors (Lipinski definition) is 6. The average Bonchev–Trinajstić information content (AvgIpc) is 2.47. The fourth-order valence-corrected chi connectivity index (χ4v) is 1.63. The van der Waals surface area contributed by atoms with Crippen molar-refractivity contribution in [3.63, 3.8) is 0 Å². The van der Waals surface area contributed by atoms with E-state index in [4.69, 9.17) is 5.73 Å². The standard InChI is InChI=1S/C14H12F2N6/c1-22(2)14-20-12(19-13(18)21-14)9(7-17)5-8-6-10(15)3-4-11(8)16/h3-6H,1-2H3,(H2,18,19,20,21). The highest BCUT2D eigenvalue weighted by Crippen LogP contribution is 2.19. The molecule has 1 heterocycles. The highest BCUT2D eigenvalue weighted by molar-refractivity contribution is 5.87. The number of halogens is 2. The first-order valence-corrected chi connectivity index (χ1v) is 6.17. The van der Waals surface area contributed by atoms with Gasteiger partial charge in [-0.05, 0) is 24.3 Å². The van der Waals surface area contributed by atoms with E-state index in [1.807, 2.05) is 6.07 Å². The largest absolute Gasteiger partial charge is 0.368 e. The maximum absolute atomic E-state index is 13.7. The molecule has 0 fully saturated rings. The lowest BCUT2D eigenvalue weighted by molar-refractivity contribution is 0.598. The van der Waals surface area contributed by atoms with E-state index in [1.165, 1.54) is 0 Å². The molecular weight excluding hydrogens is 290 g/mol. The molecular formula is C14H12F2N6. The second kappa shape index (κ2) is 6.13. The smallest absolute Gasteiger partial charge is 0.230 e. The molecule has 0 aliphatic heterocycles. The van der Waals surface area contributed by atoms with Gasteiger partial charge < -0.3 is 10.6 Å².